The van der Waals surface area contributed by atoms with Gasteiger partial charge in [0.15, 0.2) is 6.20 Å². The van der Waals surface area contributed by atoms with Gasteiger partial charge in [0.1, 0.15) is 11.4 Å². The van der Waals surface area contributed by atoms with Gasteiger partial charge in [0, 0.05) is 45.7 Å². The summed E-state index contributed by atoms with van der Waals surface area (Å²) in [6.45, 7) is 7.63. The minimum absolute atomic E-state index is 0.0517. The van der Waals surface area contributed by atoms with Crippen LogP contribution in [-0.2, 0) is 16.0 Å². The van der Waals surface area contributed by atoms with Crippen LogP contribution in [0, 0.1) is 36.7 Å². The Balaban J connectivity index is 0.000000617. The Morgan fingerprint density at radius 2 is 1.57 bits per heavy atom. The number of rotatable bonds is 8. The molecule has 13 heteroatoms. The third-order valence-electron chi connectivity index (χ3n) is 8.40. The normalized spacial score (nSPS) is 18.3. The second kappa shape index (κ2) is 14.7. The molecule has 3 heterocycles. The summed E-state index contributed by atoms with van der Waals surface area (Å²) in [7, 11) is 0. The minimum Gasteiger partial charge on any atom is -0.618 e. The topological polar surface area (TPSA) is 117 Å². The molecule has 2 aliphatic rings. The van der Waals surface area contributed by atoms with E-state index in [2.05, 4.69) is 10.2 Å². The number of halogens is 4. The molecule has 3 aromatic rings. The first-order valence-electron chi connectivity index (χ1n) is 14.8. The molecule has 2 aromatic carbocycles. The SMILES string of the molecule is Cc1cc[n+]([O-])c(C)c1C(=O)N1CC2CN(CCC(NC(=O)Cc3ccc(F)cc3)c3ccccc3)C[C@H]2C1.O=C(O)C(F)(F)F. The van der Waals surface area contributed by atoms with Gasteiger partial charge in [-0.3, -0.25) is 9.59 Å². The standard InChI is InChI=1S/C31H35FN4O3.C2HF3O2/c1-21-12-15-36(39)22(2)30(21)31(38)35-19-25-17-34(18-26(25)20-35)14-13-28(24-6-4-3-5-7-24)33-29(37)16-23-8-10-27(32)11-9-23;3-2(4,5)1(6)7/h3-12,15,25-26,28H,13-14,16-20H2,1-2H3,(H,33,37);(H,6,7)/t25-,26?,28?;/m0./s1. The third kappa shape index (κ3) is 8.81. The lowest BCUT2D eigenvalue weighted by Crippen LogP contribution is -2.38. The van der Waals surface area contributed by atoms with Gasteiger partial charge >= 0.3 is 12.1 Å². The smallest absolute Gasteiger partial charge is 0.490 e. The van der Waals surface area contributed by atoms with Crippen molar-refractivity contribution >= 4 is 17.8 Å². The molecule has 1 aromatic heterocycles. The summed E-state index contributed by atoms with van der Waals surface area (Å²) >= 11 is 0. The van der Waals surface area contributed by atoms with Crippen molar-refractivity contribution in [1.82, 2.24) is 15.1 Å². The van der Waals surface area contributed by atoms with Crippen LogP contribution in [0.4, 0.5) is 17.6 Å². The highest BCUT2D eigenvalue weighted by molar-refractivity contribution is 5.96. The highest BCUT2D eigenvalue weighted by Gasteiger charge is 2.42. The number of fused-ring (bicyclic) bond motifs is 1. The molecule has 9 nitrogen and oxygen atoms in total. The Hall–Kier alpha value is -4.52. The van der Waals surface area contributed by atoms with Gasteiger partial charge in [-0.1, -0.05) is 42.5 Å². The number of benzene rings is 2. The number of nitrogens with zero attached hydrogens (tertiary/aromatic N) is 3. The molecule has 0 aliphatic carbocycles. The number of hydrogen-bond donors (Lipinski definition) is 2. The molecule has 0 radical (unpaired) electrons. The quantitative estimate of drug-likeness (QED) is 0.216. The molecule has 2 fully saturated rings. The van der Waals surface area contributed by atoms with E-state index >= 15 is 0 Å². The number of carboxylic acids is 1. The van der Waals surface area contributed by atoms with Crippen LogP contribution in [0.15, 0.2) is 66.9 Å². The zero-order valence-electron chi connectivity index (χ0n) is 25.5. The molecule has 0 bridgehead atoms. The van der Waals surface area contributed by atoms with E-state index in [0.717, 1.165) is 47.5 Å². The van der Waals surface area contributed by atoms with Gasteiger partial charge in [-0.25, -0.2) is 9.18 Å². The van der Waals surface area contributed by atoms with E-state index in [1.165, 1.54) is 18.3 Å². The van der Waals surface area contributed by atoms with E-state index in [1.807, 2.05) is 42.2 Å². The fourth-order valence-electron chi connectivity index (χ4n) is 6.04. The highest BCUT2D eigenvalue weighted by atomic mass is 19.4. The van der Waals surface area contributed by atoms with Crippen LogP contribution in [0.5, 0.6) is 0 Å². The molecule has 0 saturated carbocycles. The summed E-state index contributed by atoms with van der Waals surface area (Å²) in [6.07, 6.45) is -2.66. The predicted octanol–water partition coefficient (Wildman–Crippen LogP) is 4.20. The van der Waals surface area contributed by atoms with Crippen molar-refractivity contribution in [1.29, 1.82) is 0 Å². The van der Waals surface area contributed by atoms with Crippen molar-refractivity contribution < 1.29 is 41.8 Å². The zero-order chi connectivity index (χ0) is 33.6. The number of hydrogen-bond acceptors (Lipinski definition) is 5. The molecule has 246 valence electrons. The molecule has 2 saturated heterocycles. The number of pyridine rings is 1. The fourth-order valence-corrected chi connectivity index (χ4v) is 6.04. The fraction of sp³-hybridized carbons (Fsp3) is 0.394. The van der Waals surface area contributed by atoms with Crippen LogP contribution in [0.2, 0.25) is 0 Å². The number of aryl methyl sites for hydroxylation is 1. The van der Waals surface area contributed by atoms with Gasteiger partial charge < -0.3 is 25.4 Å². The molecule has 3 atom stereocenters. The molecule has 2 amide bonds. The maximum atomic E-state index is 13.3. The van der Waals surface area contributed by atoms with Gasteiger partial charge in [0.05, 0.1) is 12.5 Å². The average Bonchev–Trinajstić information content (AvgIpc) is 3.58. The number of carbonyl (C=O) groups is 3. The van der Waals surface area contributed by atoms with Crippen LogP contribution in [0.1, 0.15) is 45.2 Å². The number of carboxylic acid groups (broad SMARTS) is 1. The van der Waals surface area contributed by atoms with E-state index in [4.69, 9.17) is 9.90 Å². The Morgan fingerprint density at radius 3 is 2.13 bits per heavy atom. The van der Waals surface area contributed by atoms with Gasteiger partial charge in [0.25, 0.3) is 5.91 Å². The summed E-state index contributed by atoms with van der Waals surface area (Å²) in [4.78, 5) is 39.4. The Labute approximate surface area is 264 Å². The summed E-state index contributed by atoms with van der Waals surface area (Å²) < 4.78 is 45.7. The van der Waals surface area contributed by atoms with Crippen LogP contribution < -0.4 is 10.0 Å². The first-order valence-corrected chi connectivity index (χ1v) is 14.8. The molecular weight excluding hydrogens is 608 g/mol. The van der Waals surface area contributed by atoms with Crippen molar-refractivity contribution in [3.8, 4) is 0 Å². The summed E-state index contributed by atoms with van der Waals surface area (Å²) in [5.41, 5.74) is 3.64. The lowest BCUT2D eigenvalue weighted by atomic mass is 10.0. The number of alkyl halides is 3. The first kappa shape index (κ1) is 34.4. The van der Waals surface area contributed by atoms with Gasteiger partial charge in [0.2, 0.25) is 11.6 Å². The van der Waals surface area contributed by atoms with Gasteiger partial charge in [-0.15, -0.1) is 0 Å². The van der Waals surface area contributed by atoms with Crippen molar-refractivity contribution in [2.24, 2.45) is 11.8 Å². The van der Waals surface area contributed by atoms with Crippen molar-refractivity contribution in [2.75, 3.05) is 32.7 Å². The lowest BCUT2D eigenvalue weighted by Gasteiger charge is -2.25. The average molecular weight is 645 g/mol. The monoisotopic (exact) mass is 644 g/mol. The second-order valence-corrected chi connectivity index (χ2v) is 11.7. The van der Waals surface area contributed by atoms with Crippen molar-refractivity contribution in [3.05, 3.63) is 106 Å². The number of aliphatic carboxylic acids is 1. The van der Waals surface area contributed by atoms with E-state index in [-0.39, 0.29) is 30.1 Å². The summed E-state index contributed by atoms with van der Waals surface area (Å²) in [5.74, 6) is -2.41. The Bertz CT molecular complexity index is 1520. The van der Waals surface area contributed by atoms with E-state index in [1.54, 1.807) is 25.1 Å². The summed E-state index contributed by atoms with van der Waals surface area (Å²) in [6, 6.07) is 17.6. The van der Waals surface area contributed by atoms with Crippen LogP contribution in [0.25, 0.3) is 0 Å². The minimum atomic E-state index is -5.08. The molecular formula is C33H36F4N4O5. The number of aromatic nitrogens is 1. The van der Waals surface area contributed by atoms with Crippen LogP contribution >= 0.6 is 0 Å². The molecule has 46 heavy (non-hydrogen) atoms. The first-order chi connectivity index (χ1) is 21.7. The molecule has 5 rings (SSSR count). The van der Waals surface area contributed by atoms with Crippen LogP contribution in [0.3, 0.4) is 0 Å². The zero-order valence-corrected chi connectivity index (χ0v) is 25.5. The summed E-state index contributed by atoms with van der Waals surface area (Å²) in [5, 5.41) is 22.4. The molecule has 0 spiro atoms. The van der Waals surface area contributed by atoms with Gasteiger partial charge in [-0.2, -0.15) is 17.9 Å². The number of nitrogens with one attached hydrogen (secondary N) is 1. The molecule has 2 aliphatic heterocycles. The maximum Gasteiger partial charge on any atom is 0.490 e. The van der Waals surface area contributed by atoms with Crippen molar-refractivity contribution in [3.63, 3.8) is 0 Å². The Kier molecular flexibility index (Phi) is 11.0. The largest absolute Gasteiger partial charge is 0.618 e. The predicted molar refractivity (Wildman–Crippen MR) is 160 cm³/mol. The lowest BCUT2D eigenvalue weighted by molar-refractivity contribution is -0.612. The van der Waals surface area contributed by atoms with Gasteiger partial charge in [-0.05, 0) is 54.0 Å². The van der Waals surface area contributed by atoms with E-state index in [0.29, 0.717) is 36.2 Å². The number of carbonyl (C=O) groups excluding carboxylic acids is 2. The number of amides is 2. The number of likely N-dealkylation sites (tertiary alicyclic amines) is 2. The molecule has 2 unspecified atom stereocenters. The third-order valence-corrected chi connectivity index (χ3v) is 8.40. The van der Waals surface area contributed by atoms with Crippen LogP contribution in [-0.4, -0.2) is 71.6 Å². The van der Waals surface area contributed by atoms with E-state index < -0.39 is 12.1 Å². The second-order valence-electron chi connectivity index (χ2n) is 11.7. The Morgan fingerprint density at radius 1 is 0.978 bits per heavy atom. The molecule has 2 N–H and O–H groups in total. The van der Waals surface area contributed by atoms with E-state index in [9.17, 15) is 32.4 Å². The van der Waals surface area contributed by atoms with Crippen molar-refractivity contribution in [2.45, 2.75) is 38.9 Å². The highest BCUT2D eigenvalue weighted by Crippen LogP contribution is 2.33. The maximum absolute atomic E-state index is 13.3.